The summed E-state index contributed by atoms with van der Waals surface area (Å²) in [6.45, 7) is 3.79. The summed E-state index contributed by atoms with van der Waals surface area (Å²) in [6, 6.07) is 7.07. The number of nitrogens with one attached hydrogen (secondary N) is 1. The zero-order chi connectivity index (χ0) is 14.0. The summed E-state index contributed by atoms with van der Waals surface area (Å²) in [4.78, 5) is 0.145. The molecule has 1 aromatic carbocycles. The highest BCUT2D eigenvalue weighted by molar-refractivity contribution is 7.94. The lowest BCUT2D eigenvalue weighted by molar-refractivity contribution is -0.386. The van der Waals surface area contributed by atoms with Crippen molar-refractivity contribution in [1.82, 2.24) is 10.2 Å². The molecule has 4 N–H and O–H groups in total. The molecule has 6 nitrogen and oxygen atoms in total. The topological polar surface area (TPSA) is 105 Å². The molecule has 0 fully saturated rings. The molecule has 1 aromatic heterocycles. The van der Waals surface area contributed by atoms with Crippen LogP contribution in [0.3, 0.4) is 0 Å². The van der Waals surface area contributed by atoms with Gasteiger partial charge in [0.1, 0.15) is 10.0 Å². The Morgan fingerprint density at radius 1 is 1.32 bits per heavy atom. The molecule has 19 heavy (non-hydrogen) atoms. The summed E-state index contributed by atoms with van der Waals surface area (Å²) in [5, 5.41) is 6.55. The van der Waals surface area contributed by atoms with Crippen molar-refractivity contribution >= 4 is 15.7 Å². The molecule has 0 aliphatic carbocycles. The molecule has 0 bridgehead atoms. The Bertz CT molecular complexity index is 672. The number of aromatic nitrogens is 2. The number of nitrogens with zero attached hydrogens (tertiary/aromatic N) is 2. The van der Waals surface area contributed by atoms with Crippen LogP contribution in [0.4, 0.5) is 5.69 Å². The van der Waals surface area contributed by atoms with Crippen molar-refractivity contribution in [2.75, 3.05) is 0 Å². The molecule has 1 heterocycles. The number of aryl methyl sites for hydroxylation is 2. The Kier molecular flexibility index (Phi) is 3.59. The van der Waals surface area contributed by atoms with Gasteiger partial charge >= 0.3 is 0 Å². The van der Waals surface area contributed by atoms with Crippen molar-refractivity contribution in [2.24, 2.45) is 0 Å². The average molecular weight is 280 g/mol. The normalized spacial score (nSPS) is 11.5. The van der Waals surface area contributed by atoms with E-state index in [0.29, 0.717) is 23.6 Å². The maximum absolute atomic E-state index is 12.3. The number of H-pyrrole nitrogens is 1. The minimum Gasteiger partial charge on any atom is -0.572 e. The van der Waals surface area contributed by atoms with Gasteiger partial charge in [0.25, 0.3) is 0 Å². The molecule has 0 amide bonds. The van der Waals surface area contributed by atoms with E-state index in [1.807, 2.05) is 12.1 Å². The van der Waals surface area contributed by atoms with Crippen molar-refractivity contribution in [3.8, 4) is 0 Å². The van der Waals surface area contributed by atoms with Crippen LogP contribution in [0.25, 0.3) is 4.72 Å². The van der Waals surface area contributed by atoms with Gasteiger partial charge in [0.05, 0.1) is 17.1 Å². The summed E-state index contributed by atoms with van der Waals surface area (Å²) >= 11 is 0. The predicted molar refractivity (Wildman–Crippen MR) is 71.3 cm³/mol. The fourth-order valence-corrected chi connectivity index (χ4v) is 3.29. The minimum atomic E-state index is -3.76. The van der Waals surface area contributed by atoms with Gasteiger partial charge in [-0.1, -0.05) is 24.3 Å². The lowest BCUT2D eigenvalue weighted by atomic mass is 10.2. The van der Waals surface area contributed by atoms with Gasteiger partial charge < -0.3 is 10.5 Å². The van der Waals surface area contributed by atoms with Gasteiger partial charge in [0.15, 0.2) is 0 Å². The second-order valence-corrected chi connectivity index (χ2v) is 5.75. The highest BCUT2D eigenvalue weighted by Gasteiger charge is 2.15. The minimum absolute atomic E-state index is 0.145. The first-order valence-corrected chi connectivity index (χ1v) is 7.26. The molecule has 0 aliphatic heterocycles. The molecule has 0 unspecified atom stereocenters. The number of sulfonamides is 1. The van der Waals surface area contributed by atoms with E-state index in [9.17, 15) is 8.42 Å². The van der Waals surface area contributed by atoms with Gasteiger partial charge in [-0.15, -0.1) is 5.69 Å². The summed E-state index contributed by atoms with van der Waals surface area (Å²) in [5.41, 5.74) is 5.91. The van der Waals surface area contributed by atoms with Crippen LogP contribution in [0.15, 0.2) is 29.2 Å². The van der Waals surface area contributed by atoms with E-state index in [4.69, 9.17) is 0 Å². The summed E-state index contributed by atoms with van der Waals surface area (Å²) in [6.07, 6.45) is 0. The molecule has 7 heteroatoms. The molecular weight excluding hydrogens is 264 g/mol. The van der Waals surface area contributed by atoms with Gasteiger partial charge in [-0.25, -0.2) is 8.42 Å². The SMILES string of the molecule is Cc1n[nH]c(C)c1S(=O)(=O)[N-]c1ccccc1C[NH3+]. The second kappa shape index (κ2) is 5.02. The van der Waals surface area contributed by atoms with Crippen molar-refractivity contribution in [2.45, 2.75) is 25.3 Å². The van der Waals surface area contributed by atoms with Crippen molar-refractivity contribution in [3.63, 3.8) is 0 Å². The van der Waals surface area contributed by atoms with Crippen molar-refractivity contribution in [1.29, 1.82) is 0 Å². The Labute approximate surface area is 112 Å². The van der Waals surface area contributed by atoms with E-state index in [1.54, 1.807) is 26.0 Å². The maximum atomic E-state index is 12.3. The number of hydrogen-bond donors (Lipinski definition) is 2. The summed E-state index contributed by atoms with van der Waals surface area (Å²) in [5.74, 6) is 0. The molecule has 2 aromatic rings. The van der Waals surface area contributed by atoms with Gasteiger partial charge in [-0.3, -0.25) is 5.10 Å². The number of hydrogen-bond acceptors (Lipinski definition) is 3. The van der Waals surface area contributed by atoms with E-state index >= 15 is 0 Å². The van der Waals surface area contributed by atoms with Crippen molar-refractivity contribution in [3.05, 3.63) is 45.9 Å². The average Bonchev–Trinajstić information content (AvgIpc) is 2.70. The quantitative estimate of drug-likeness (QED) is 0.878. The Morgan fingerprint density at radius 2 is 2.00 bits per heavy atom. The molecule has 102 valence electrons. The highest BCUT2D eigenvalue weighted by atomic mass is 32.2. The molecule has 0 spiro atoms. The van der Waals surface area contributed by atoms with Crippen molar-refractivity contribution < 1.29 is 14.2 Å². The number of aromatic amines is 1. The largest absolute Gasteiger partial charge is 0.572 e. The molecule has 0 saturated heterocycles. The van der Waals surface area contributed by atoms with E-state index in [-0.39, 0.29) is 4.90 Å². The van der Waals surface area contributed by atoms with Gasteiger partial charge in [0, 0.05) is 5.69 Å². The summed E-state index contributed by atoms with van der Waals surface area (Å²) in [7, 11) is -3.76. The Hall–Kier alpha value is -1.86. The van der Waals surface area contributed by atoms with Crippen LogP contribution in [-0.4, -0.2) is 18.6 Å². The fraction of sp³-hybridized carbons (Fsp3) is 0.250. The highest BCUT2D eigenvalue weighted by Crippen LogP contribution is 2.32. The number of quaternary nitrogens is 1. The first kappa shape index (κ1) is 13.6. The first-order valence-electron chi connectivity index (χ1n) is 5.82. The molecule has 2 rings (SSSR count). The van der Waals surface area contributed by atoms with Gasteiger partial charge in [-0.05, 0) is 19.4 Å². The standard InChI is InChI=1S/C12H15N4O2S/c1-8-12(9(2)15-14-8)19(17,18)16-11-6-4-3-5-10(11)7-13/h3-6H,7,13H2,1-2H3,(H,14,15)/q-1/p+1. The van der Waals surface area contributed by atoms with E-state index in [1.165, 1.54) is 0 Å². The smallest absolute Gasteiger partial charge is 0.126 e. The van der Waals surface area contributed by atoms with Gasteiger partial charge in [0.2, 0.25) is 0 Å². The van der Waals surface area contributed by atoms with E-state index in [2.05, 4.69) is 20.7 Å². The third kappa shape index (κ3) is 2.61. The zero-order valence-electron chi connectivity index (χ0n) is 10.8. The Morgan fingerprint density at radius 3 is 2.58 bits per heavy atom. The molecule has 0 atom stereocenters. The van der Waals surface area contributed by atoms with Crippen LogP contribution in [-0.2, 0) is 16.6 Å². The maximum Gasteiger partial charge on any atom is 0.126 e. The molecule has 0 saturated carbocycles. The number of rotatable bonds is 4. The van der Waals surface area contributed by atoms with Crippen LogP contribution in [0.5, 0.6) is 0 Å². The van der Waals surface area contributed by atoms with Crippen LogP contribution in [0.1, 0.15) is 17.0 Å². The molecule has 0 aliphatic rings. The van der Waals surface area contributed by atoms with Gasteiger partial charge in [-0.2, -0.15) is 5.10 Å². The second-order valence-electron chi connectivity index (χ2n) is 4.21. The Balaban J connectivity index is 2.43. The van der Waals surface area contributed by atoms with Crippen LogP contribution in [0, 0.1) is 13.8 Å². The molecular formula is C12H16N4O2S. The fourth-order valence-electron chi connectivity index (χ4n) is 1.91. The van der Waals surface area contributed by atoms with Crippen LogP contribution in [0.2, 0.25) is 0 Å². The third-order valence-electron chi connectivity index (χ3n) is 2.80. The number of benzene rings is 1. The lowest BCUT2D eigenvalue weighted by Gasteiger charge is -2.24. The van der Waals surface area contributed by atoms with Crippen LogP contribution < -0.4 is 5.73 Å². The van der Waals surface area contributed by atoms with Crippen LogP contribution >= 0.6 is 0 Å². The zero-order valence-corrected chi connectivity index (χ0v) is 11.7. The lowest BCUT2D eigenvalue weighted by Crippen LogP contribution is -2.47. The third-order valence-corrected chi connectivity index (χ3v) is 4.35. The van der Waals surface area contributed by atoms with E-state index < -0.39 is 10.0 Å². The predicted octanol–water partition coefficient (Wildman–Crippen LogP) is 1.16. The first-order chi connectivity index (χ1) is 8.95. The van der Waals surface area contributed by atoms with E-state index in [0.717, 1.165) is 5.56 Å². The molecule has 0 radical (unpaired) electrons. The summed E-state index contributed by atoms with van der Waals surface area (Å²) < 4.78 is 28.5. The monoisotopic (exact) mass is 280 g/mol.